The molecule has 0 spiro atoms. The number of rotatable bonds is 3. The third-order valence-corrected chi connectivity index (χ3v) is 3.32. The molecule has 2 aromatic carbocycles. The second kappa shape index (κ2) is 5.77. The number of halogens is 3. The van der Waals surface area contributed by atoms with E-state index in [9.17, 15) is 13.2 Å². The zero-order chi connectivity index (χ0) is 15.6. The first-order valence-corrected chi connectivity index (χ1v) is 6.46. The molecule has 0 aromatic heterocycles. The fourth-order valence-electron chi connectivity index (χ4n) is 1.99. The van der Waals surface area contributed by atoms with Crippen molar-refractivity contribution in [2.75, 3.05) is 0 Å². The third kappa shape index (κ3) is 3.55. The number of hydrogen-bond donors (Lipinski definition) is 1. The predicted molar refractivity (Wildman–Crippen MR) is 75.3 cm³/mol. The van der Waals surface area contributed by atoms with E-state index in [0.29, 0.717) is 11.5 Å². The molecule has 0 heterocycles. The molecule has 112 valence electrons. The van der Waals surface area contributed by atoms with Gasteiger partial charge in [0, 0.05) is 6.54 Å². The summed E-state index contributed by atoms with van der Waals surface area (Å²) >= 11 is 0. The SMILES string of the molecule is Cc1ccc(Oc2ccc(C(F)(F)F)c(CN)c2)cc1C. The van der Waals surface area contributed by atoms with E-state index >= 15 is 0 Å². The van der Waals surface area contributed by atoms with Gasteiger partial charge in [-0.2, -0.15) is 13.2 Å². The summed E-state index contributed by atoms with van der Waals surface area (Å²) < 4.78 is 44.0. The van der Waals surface area contributed by atoms with Crippen LogP contribution < -0.4 is 10.5 Å². The molecule has 0 bridgehead atoms. The average Bonchev–Trinajstić information content (AvgIpc) is 2.41. The van der Waals surface area contributed by atoms with Gasteiger partial charge in [-0.25, -0.2) is 0 Å². The van der Waals surface area contributed by atoms with Gasteiger partial charge < -0.3 is 10.5 Å². The molecular weight excluding hydrogens is 279 g/mol. The fraction of sp³-hybridized carbons (Fsp3) is 0.250. The van der Waals surface area contributed by atoms with Crippen molar-refractivity contribution in [2.45, 2.75) is 26.6 Å². The molecular formula is C16H16F3NO. The minimum absolute atomic E-state index is 0.0174. The van der Waals surface area contributed by atoms with E-state index < -0.39 is 11.7 Å². The first-order valence-electron chi connectivity index (χ1n) is 6.46. The highest BCUT2D eigenvalue weighted by molar-refractivity contribution is 5.41. The molecule has 0 aliphatic rings. The number of hydrogen-bond acceptors (Lipinski definition) is 2. The van der Waals surface area contributed by atoms with Crippen molar-refractivity contribution in [3.8, 4) is 11.5 Å². The van der Waals surface area contributed by atoms with Gasteiger partial charge in [-0.3, -0.25) is 0 Å². The second-order valence-electron chi connectivity index (χ2n) is 4.87. The molecule has 0 saturated heterocycles. The van der Waals surface area contributed by atoms with E-state index in [1.165, 1.54) is 12.1 Å². The van der Waals surface area contributed by atoms with Crippen LogP contribution in [0.2, 0.25) is 0 Å². The number of aryl methyl sites for hydroxylation is 2. The fourth-order valence-corrected chi connectivity index (χ4v) is 1.99. The van der Waals surface area contributed by atoms with E-state index in [2.05, 4.69) is 0 Å². The summed E-state index contributed by atoms with van der Waals surface area (Å²) in [5, 5.41) is 0. The first kappa shape index (κ1) is 15.4. The topological polar surface area (TPSA) is 35.2 Å². The Morgan fingerprint density at radius 1 is 0.952 bits per heavy atom. The maximum Gasteiger partial charge on any atom is 0.416 e. The molecule has 2 rings (SSSR count). The maximum atomic E-state index is 12.8. The Morgan fingerprint density at radius 2 is 1.57 bits per heavy atom. The minimum Gasteiger partial charge on any atom is -0.457 e. The van der Waals surface area contributed by atoms with Crippen molar-refractivity contribution in [2.24, 2.45) is 5.73 Å². The van der Waals surface area contributed by atoms with Crippen LogP contribution in [0.1, 0.15) is 22.3 Å². The molecule has 0 saturated carbocycles. The van der Waals surface area contributed by atoms with Gasteiger partial charge >= 0.3 is 6.18 Å². The molecule has 0 aliphatic heterocycles. The number of benzene rings is 2. The van der Waals surface area contributed by atoms with E-state index in [4.69, 9.17) is 10.5 Å². The van der Waals surface area contributed by atoms with Gasteiger partial charge in [-0.05, 0) is 60.9 Å². The van der Waals surface area contributed by atoms with Crippen molar-refractivity contribution in [3.05, 3.63) is 58.7 Å². The largest absolute Gasteiger partial charge is 0.457 e. The summed E-state index contributed by atoms with van der Waals surface area (Å²) in [4.78, 5) is 0. The van der Waals surface area contributed by atoms with Crippen molar-refractivity contribution < 1.29 is 17.9 Å². The van der Waals surface area contributed by atoms with Crippen LogP contribution in [-0.2, 0) is 12.7 Å². The van der Waals surface area contributed by atoms with Crippen molar-refractivity contribution in [1.29, 1.82) is 0 Å². The van der Waals surface area contributed by atoms with Crippen LogP contribution in [-0.4, -0.2) is 0 Å². The monoisotopic (exact) mass is 295 g/mol. The predicted octanol–water partition coefficient (Wildman–Crippen LogP) is 4.57. The van der Waals surface area contributed by atoms with Gasteiger partial charge in [0.05, 0.1) is 5.56 Å². The van der Waals surface area contributed by atoms with E-state index in [-0.39, 0.29) is 12.1 Å². The van der Waals surface area contributed by atoms with E-state index in [1.807, 2.05) is 26.0 Å². The molecule has 2 aromatic rings. The van der Waals surface area contributed by atoms with E-state index in [1.54, 1.807) is 6.07 Å². The molecule has 2 nitrogen and oxygen atoms in total. The van der Waals surface area contributed by atoms with Gasteiger partial charge in [-0.1, -0.05) is 6.07 Å². The molecule has 0 amide bonds. The van der Waals surface area contributed by atoms with Gasteiger partial charge in [0.25, 0.3) is 0 Å². The standard InChI is InChI=1S/C16H16F3NO/c1-10-3-4-13(7-11(10)2)21-14-5-6-15(16(17,18)19)12(8-14)9-20/h3-8H,9,20H2,1-2H3. The number of alkyl halides is 3. The summed E-state index contributed by atoms with van der Waals surface area (Å²) in [7, 11) is 0. The Balaban J connectivity index is 2.31. The van der Waals surface area contributed by atoms with Crippen LogP contribution in [0.15, 0.2) is 36.4 Å². The molecule has 0 atom stereocenters. The first-order chi connectivity index (χ1) is 9.81. The molecule has 0 radical (unpaired) electrons. The third-order valence-electron chi connectivity index (χ3n) is 3.32. The highest BCUT2D eigenvalue weighted by Gasteiger charge is 2.33. The summed E-state index contributed by atoms with van der Waals surface area (Å²) in [6.07, 6.45) is -4.41. The lowest BCUT2D eigenvalue weighted by atomic mass is 10.1. The van der Waals surface area contributed by atoms with Crippen LogP contribution in [0.3, 0.4) is 0 Å². The summed E-state index contributed by atoms with van der Waals surface area (Å²) in [6, 6.07) is 9.16. The Morgan fingerprint density at radius 3 is 2.14 bits per heavy atom. The Bertz CT molecular complexity index is 650. The molecule has 5 heteroatoms. The molecule has 21 heavy (non-hydrogen) atoms. The average molecular weight is 295 g/mol. The molecule has 0 unspecified atom stereocenters. The Labute approximate surface area is 121 Å². The van der Waals surface area contributed by atoms with Gasteiger partial charge in [0.15, 0.2) is 0 Å². The van der Waals surface area contributed by atoms with Crippen molar-refractivity contribution in [3.63, 3.8) is 0 Å². The molecule has 0 aliphatic carbocycles. The summed E-state index contributed by atoms with van der Waals surface area (Å²) in [6.45, 7) is 3.73. The number of ether oxygens (including phenoxy) is 1. The Kier molecular flexibility index (Phi) is 4.23. The van der Waals surface area contributed by atoms with E-state index in [0.717, 1.165) is 17.2 Å². The van der Waals surface area contributed by atoms with Crippen molar-refractivity contribution in [1.82, 2.24) is 0 Å². The maximum absolute atomic E-state index is 12.8. The summed E-state index contributed by atoms with van der Waals surface area (Å²) in [5.74, 6) is 0.924. The van der Waals surface area contributed by atoms with Crippen molar-refractivity contribution >= 4 is 0 Å². The number of nitrogens with two attached hydrogens (primary N) is 1. The van der Waals surface area contributed by atoms with Crippen LogP contribution in [0.5, 0.6) is 11.5 Å². The van der Waals surface area contributed by atoms with Crippen LogP contribution in [0, 0.1) is 13.8 Å². The quantitative estimate of drug-likeness (QED) is 0.900. The highest BCUT2D eigenvalue weighted by Crippen LogP contribution is 2.34. The van der Waals surface area contributed by atoms with Crippen LogP contribution in [0.4, 0.5) is 13.2 Å². The zero-order valence-electron chi connectivity index (χ0n) is 11.8. The van der Waals surface area contributed by atoms with Gasteiger partial charge in [-0.15, -0.1) is 0 Å². The zero-order valence-corrected chi connectivity index (χ0v) is 11.8. The lowest BCUT2D eigenvalue weighted by molar-refractivity contribution is -0.138. The lowest BCUT2D eigenvalue weighted by Gasteiger charge is -2.14. The molecule has 2 N–H and O–H groups in total. The van der Waals surface area contributed by atoms with Crippen LogP contribution in [0.25, 0.3) is 0 Å². The highest BCUT2D eigenvalue weighted by atomic mass is 19.4. The van der Waals surface area contributed by atoms with Crippen LogP contribution >= 0.6 is 0 Å². The summed E-state index contributed by atoms with van der Waals surface area (Å²) in [5.41, 5.74) is 6.87. The smallest absolute Gasteiger partial charge is 0.416 e. The molecule has 0 fully saturated rings. The normalized spacial score (nSPS) is 11.5. The second-order valence-corrected chi connectivity index (χ2v) is 4.87. The van der Waals surface area contributed by atoms with Gasteiger partial charge in [0.1, 0.15) is 11.5 Å². The minimum atomic E-state index is -4.41. The lowest BCUT2D eigenvalue weighted by Crippen LogP contribution is -2.11. The Hall–Kier alpha value is -2.01. The van der Waals surface area contributed by atoms with Gasteiger partial charge in [0.2, 0.25) is 0 Å².